The number of rotatable bonds is 11. The zero-order chi connectivity index (χ0) is 23.8. The predicted octanol–water partition coefficient (Wildman–Crippen LogP) is 3.54. The fourth-order valence-electron chi connectivity index (χ4n) is 4.06. The lowest BCUT2D eigenvalue weighted by atomic mass is 9.90. The lowest BCUT2D eigenvalue weighted by Crippen LogP contribution is -2.38. The molecule has 0 aliphatic heterocycles. The minimum atomic E-state index is -0.235. The number of benzene rings is 1. The van der Waals surface area contributed by atoms with Crippen molar-refractivity contribution in [3.05, 3.63) is 51.0 Å². The van der Waals surface area contributed by atoms with Crippen LogP contribution in [0.1, 0.15) is 57.9 Å². The van der Waals surface area contributed by atoms with Crippen molar-refractivity contribution in [1.29, 1.82) is 0 Å². The average molecular weight is 471 g/mol. The molecule has 0 spiro atoms. The Bertz CT molecular complexity index is 980. The number of Topliss-reactive ketones (excluding diaryl/α,β-unsaturated/α-hetero) is 2. The third kappa shape index (κ3) is 7.75. The number of likely N-dealkylation sites (N-methyl/N-ethyl adjacent to an activating group) is 1. The van der Waals surface area contributed by atoms with E-state index in [1.54, 1.807) is 0 Å². The van der Waals surface area contributed by atoms with Crippen LogP contribution in [0.25, 0.3) is 0 Å². The highest BCUT2D eigenvalue weighted by molar-refractivity contribution is 7.09. The number of aromatic nitrogens is 1. The second-order valence-corrected chi connectivity index (χ2v) is 9.99. The third-order valence-electron chi connectivity index (χ3n) is 5.87. The van der Waals surface area contributed by atoms with Gasteiger partial charge in [0.25, 0.3) is 0 Å². The maximum absolute atomic E-state index is 13.0. The van der Waals surface area contributed by atoms with Crippen LogP contribution in [-0.4, -0.2) is 54.7 Å². The van der Waals surface area contributed by atoms with Gasteiger partial charge >= 0.3 is 6.03 Å². The van der Waals surface area contributed by atoms with Gasteiger partial charge in [0.2, 0.25) is 0 Å². The smallest absolute Gasteiger partial charge is 0.315 e. The van der Waals surface area contributed by atoms with E-state index in [1.165, 1.54) is 11.3 Å². The van der Waals surface area contributed by atoms with Gasteiger partial charge in [-0.2, -0.15) is 0 Å². The molecule has 2 aromatic rings. The van der Waals surface area contributed by atoms with Crippen molar-refractivity contribution < 1.29 is 14.4 Å². The van der Waals surface area contributed by atoms with Gasteiger partial charge in [0.05, 0.1) is 18.7 Å². The van der Waals surface area contributed by atoms with Gasteiger partial charge in [-0.1, -0.05) is 30.5 Å². The van der Waals surface area contributed by atoms with Crippen molar-refractivity contribution in [2.75, 3.05) is 27.2 Å². The molecule has 3 rings (SSSR count). The number of hydrogen-bond acceptors (Lipinski definition) is 6. The Morgan fingerprint density at radius 1 is 1.12 bits per heavy atom. The molecule has 0 bridgehead atoms. The maximum atomic E-state index is 13.0. The zero-order valence-corrected chi connectivity index (χ0v) is 20.6. The predicted molar refractivity (Wildman–Crippen MR) is 131 cm³/mol. The van der Waals surface area contributed by atoms with E-state index in [9.17, 15) is 14.4 Å². The van der Waals surface area contributed by atoms with Crippen molar-refractivity contribution in [2.45, 2.75) is 52.0 Å². The number of amides is 2. The van der Waals surface area contributed by atoms with E-state index in [4.69, 9.17) is 0 Å². The van der Waals surface area contributed by atoms with Crippen molar-refractivity contribution in [2.24, 2.45) is 5.92 Å². The number of carbonyl (C=O) groups is 3. The summed E-state index contributed by atoms with van der Waals surface area (Å²) in [6, 6.07) is 5.58. The average Bonchev–Trinajstić information content (AvgIpc) is 3.45. The standard InChI is InChI=1S/C25H34N4O3S/c1-17-8-9-19(22(12-17)24(31)18-6-4-5-7-18)13-21(30)14-23-28-20(16-33-23)15-27-25(32)26-10-11-29(2)3/h8-9,12,16,18H,4-7,10-11,13-15H2,1-3H3,(H2,26,27,32). The van der Waals surface area contributed by atoms with Crippen LogP contribution in [0, 0.1) is 12.8 Å². The molecule has 1 fully saturated rings. The molecular weight excluding hydrogens is 436 g/mol. The van der Waals surface area contributed by atoms with Crippen LogP contribution in [0.3, 0.4) is 0 Å². The molecule has 1 heterocycles. The first kappa shape index (κ1) is 25.1. The van der Waals surface area contributed by atoms with Gasteiger partial charge in [0, 0.05) is 36.4 Å². The van der Waals surface area contributed by atoms with E-state index in [-0.39, 0.29) is 36.4 Å². The van der Waals surface area contributed by atoms with E-state index in [1.807, 2.05) is 49.5 Å². The fourth-order valence-corrected chi connectivity index (χ4v) is 4.89. The Hall–Kier alpha value is -2.58. The molecular formula is C25H34N4O3S. The van der Waals surface area contributed by atoms with Crippen LogP contribution >= 0.6 is 11.3 Å². The summed E-state index contributed by atoms with van der Waals surface area (Å²) >= 11 is 1.42. The molecule has 0 saturated heterocycles. The Balaban J connectivity index is 1.53. The van der Waals surface area contributed by atoms with Gasteiger partial charge in [0.15, 0.2) is 5.78 Å². The quantitative estimate of drug-likeness (QED) is 0.490. The summed E-state index contributed by atoms with van der Waals surface area (Å²) in [5, 5.41) is 8.16. The summed E-state index contributed by atoms with van der Waals surface area (Å²) in [5.41, 5.74) is 3.29. The third-order valence-corrected chi connectivity index (χ3v) is 6.76. The van der Waals surface area contributed by atoms with E-state index < -0.39 is 0 Å². The van der Waals surface area contributed by atoms with Crippen LogP contribution in [0.15, 0.2) is 23.6 Å². The molecule has 0 radical (unpaired) electrons. The Morgan fingerprint density at radius 2 is 1.88 bits per heavy atom. The van der Waals surface area contributed by atoms with E-state index in [0.29, 0.717) is 18.7 Å². The first-order valence-corrected chi connectivity index (χ1v) is 12.4. The number of nitrogens with one attached hydrogen (secondary N) is 2. The summed E-state index contributed by atoms with van der Waals surface area (Å²) in [6.45, 7) is 3.63. The van der Waals surface area contributed by atoms with Crippen LogP contribution in [-0.2, 0) is 24.2 Å². The Kier molecular flexibility index (Phi) is 9.14. The first-order chi connectivity index (χ1) is 15.8. The highest BCUT2D eigenvalue weighted by Gasteiger charge is 2.26. The molecule has 33 heavy (non-hydrogen) atoms. The van der Waals surface area contributed by atoms with Gasteiger partial charge in [-0.3, -0.25) is 9.59 Å². The Morgan fingerprint density at radius 3 is 2.61 bits per heavy atom. The molecule has 2 amide bonds. The van der Waals surface area contributed by atoms with Crippen LogP contribution in [0.5, 0.6) is 0 Å². The summed E-state index contributed by atoms with van der Waals surface area (Å²) in [6.07, 6.45) is 4.57. The SMILES string of the molecule is Cc1ccc(CC(=O)Cc2nc(CNC(=O)NCCN(C)C)cs2)c(C(=O)C2CCCC2)c1. The van der Waals surface area contributed by atoms with Crippen molar-refractivity contribution in [1.82, 2.24) is 20.5 Å². The number of aryl methyl sites for hydroxylation is 1. The normalized spacial score (nSPS) is 13.9. The van der Waals surface area contributed by atoms with E-state index in [2.05, 4.69) is 15.6 Å². The lowest BCUT2D eigenvalue weighted by Gasteiger charge is -2.13. The van der Waals surface area contributed by atoms with E-state index in [0.717, 1.165) is 54.1 Å². The van der Waals surface area contributed by atoms with Gasteiger partial charge in [-0.15, -0.1) is 11.3 Å². The van der Waals surface area contributed by atoms with Crippen LogP contribution < -0.4 is 10.6 Å². The van der Waals surface area contributed by atoms with Crippen molar-refractivity contribution >= 4 is 28.9 Å². The van der Waals surface area contributed by atoms with Crippen molar-refractivity contribution in [3.8, 4) is 0 Å². The zero-order valence-electron chi connectivity index (χ0n) is 19.8. The van der Waals surface area contributed by atoms with Gasteiger partial charge in [0.1, 0.15) is 10.8 Å². The van der Waals surface area contributed by atoms with Crippen molar-refractivity contribution in [3.63, 3.8) is 0 Å². The highest BCUT2D eigenvalue weighted by atomic mass is 32.1. The van der Waals surface area contributed by atoms with Crippen LogP contribution in [0.2, 0.25) is 0 Å². The van der Waals surface area contributed by atoms with Gasteiger partial charge in [-0.05, 0) is 45.5 Å². The summed E-state index contributed by atoms with van der Waals surface area (Å²) in [5.74, 6) is 0.315. The number of thiazole rings is 1. The largest absolute Gasteiger partial charge is 0.337 e. The fraction of sp³-hybridized carbons (Fsp3) is 0.520. The molecule has 0 unspecified atom stereocenters. The number of ketones is 2. The number of carbonyl (C=O) groups excluding carboxylic acids is 3. The summed E-state index contributed by atoms with van der Waals surface area (Å²) < 4.78 is 0. The topological polar surface area (TPSA) is 91.4 Å². The molecule has 1 aliphatic rings. The molecule has 2 N–H and O–H groups in total. The second kappa shape index (κ2) is 12.0. The highest BCUT2D eigenvalue weighted by Crippen LogP contribution is 2.29. The number of nitrogens with zero attached hydrogens (tertiary/aromatic N) is 2. The molecule has 1 saturated carbocycles. The molecule has 1 aromatic carbocycles. The maximum Gasteiger partial charge on any atom is 0.315 e. The number of urea groups is 1. The first-order valence-electron chi connectivity index (χ1n) is 11.6. The Labute approximate surface area is 200 Å². The lowest BCUT2D eigenvalue weighted by molar-refractivity contribution is -0.117. The number of hydrogen-bond donors (Lipinski definition) is 2. The summed E-state index contributed by atoms with van der Waals surface area (Å²) in [7, 11) is 3.90. The molecule has 178 valence electrons. The minimum Gasteiger partial charge on any atom is -0.337 e. The van der Waals surface area contributed by atoms with Gasteiger partial charge < -0.3 is 15.5 Å². The molecule has 1 aliphatic carbocycles. The molecule has 0 atom stereocenters. The summed E-state index contributed by atoms with van der Waals surface area (Å²) in [4.78, 5) is 44.1. The van der Waals surface area contributed by atoms with Crippen LogP contribution in [0.4, 0.5) is 4.79 Å². The van der Waals surface area contributed by atoms with E-state index >= 15 is 0 Å². The molecule has 1 aromatic heterocycles. The minimum absolute atomic E-state index is 0.0367. The molecule has 8 heteroatoms. The second-order valence-electron chi connectivity index (χ2n) is 9.04. The molecule has 7 nitrogen and oxygen atoms in total. The monoisotopic (exact) mass is 470 g/mol. The van der Waals surface area contributed by atoms with Gasteiger partial charge in [-0.25, -0.2) is 9.78 Å².